The second-order valence-electron chi connectivity index (χ2n) is 12.8. The van der Waals surface area contributed by atoms with Crippen LogP contribution in [0, 0.1) is 11.6 Å². The van der Waals surface area contributed by atoms with Gasteiger partial charge < -0.3 is 11.1 Å². The minimum Gasteiger partial charge on any atom is -0.344 e. The van der Waals surface area contributed by atoms with Gasteiger partial charge in [0.1, 0.15) is 21.4 Å². The first-order chi connectivity index (χ1) is 29.1. The molecule has 0 saturated heterocycles. The van der Waals surface area contributed by atoms with Crippen LogP contribution in [0.3, 0.4) is 0 Å². The number of nitrogens with two attached hydrogens (primary N) is 1. The zero-order valence-corrected chi connectivity index (χ0v) is 33.4. The number of halogens is 4. The summed E-state index contributed by atoms with van der Waals surface area (Å²) in [6, 6.07) is 28.4. The normalized spacial score (nSPS) is 11.2. The molecule has 0 fully saturated rings. The van der Waals surface area contributed by atoms with Gasteiger partial charge in [-0.15, -0.1) is 0 Å². The molecule has 0 saturated carbocycles. The van der Waals surface area contributed by atoms with Crippen molar-refractivity contribution < 1.29 is 48.8 Å². The number of ketones is 2. The molecule has 4 aromatic carbocycles. The monoisotopic (exact) mass is 876 g/mol. The molecule has 316 valence electrons. The maximum atomic E-state index is 13.8. The second-order valence-corrected chi connectivity index (χ2v) is 16.5. The third kappa shape index (κ3) is 11.9. The van der Waals surface area contributed by atoms with E-state index in [1.807, 2.05) is 5.32 Å². The van der Waals surface area contributed by atoms with Gasteiger partial charge in [0, 0.05) is 35.9 Å². The maximum Gasteiger partial charge on any atom is 0.315 e. The van der Waals surface area contributed by atoms with Gasteiger partial charge in [-0.25, -0.2) is 25.6 Å². The summed E-state index contributed by atoms with van der Waals surface area (Å²) in [6.45, 7) is -0.938. The fourth-order valence-electron chi connectivity index (χ4n) is 5.53. The van der Waals surface area contributed by atoms with Crippen LogP contribution in [0.1, 0.15) is 31.8 Å². The fraction of sp³-hybridized carbons (Fsp3) is 0.119. The van der Waals surface area contributed by atoms with Gasteiger partial charge in [-0.1, -0.05) is 60.7 Å². The molecule has 13 nitrogen and oxygen atoms in total. The van der Waals surface area contributed by atoms with E-state index >= 15 is 0 Å². The molecule has 61 heavy (non-hydrogen) atoms. The summed E-state index contributed by atoms with van der Waals surface area (Å²) in [6.07, 6.45) is 2.08. The summed E-state index contributed by atoms with van der Waals surface area (Å²) < 4.78 is 107. The van der Waals surface area contributed by atoms with Crippen molar-refractivity contribution in [3.05, 3.63) is 180 Å². The van der Waals surface area contributed by atoms with Crippen molar-refractivity contribution in [1.29, 1.82) is 0 Å². The molecular formula is C42H36F4N6O7S2. The molecule has 0 aliphatic carbocycles. The summed E-state index contributed by atoms with van der Waals surface area (Å²) >= 11 is 0. The van der Waals surface area contributed by atoms with E-state index in [1.54, 1.807) is 24.3 Å². The van der Waals surface area contributed by atoms with E-state index in [0.717, 1.165) is 20.7 Å². The number of alkyl halides is 2. The van der Waals surface area contributed by atoms with Crippen molar-refractivity contribution in [2.45, 2.75) is 29.3 Å². The number of rotatable bonds is 16. The highest BCUT2D eigenvalue weighted by Crippen LogP contribution is 2.28. The summed E-state index contributed by atoms with van der Waals surface area (Å²) in [7, 11) is -8.09. The van der Waals surface area contributed by atoms with Gasteiger partial charge in [-0.05, 0) is 71.8 Å². The molecular weight excluding hydrogens is 841 g/mol. The molecule has 2 aromatic heterocycles. The lowest BCUT2D eigenvalue weighted by molar-refractivity contribution is -0.131. The van der Waals surface area contributed by atoms with Gasteiger partial charge in [0.15, 0.2) is 11.6 Å². The Morgan fingerprint density at radius 1 is 0.607 bits per heavy atom. The number of aromatic nitrogens is 2. The molecule has 0 radical (unpaired) electrons. The Morgan fingerprint density at radius 2 is 1.03 bits per heavy atom. The first kappa shape index (κ1) is 45.3. The number of amides is 1. The summed E-state index contributed by atoms with van der Waals surface area (Å²) in [5.74, 6) is -3.53. The highest BCUT2D eigenvalue weighted by molar-refractivity contribution is 7.93. The number of sulfonamides is 2. The second kappa shape index (κ2) is 20.4. The zero-order valence-electron chi connectivity index (χ0n) is 31.8. The molecule has 3 N–H and O–H groups in total. The predicted molar refractivity (Wildman–Crippen MR) is 218 cm³/mol. The number of anilines is 2. The molecule has 0 spiro atoms. The number of pyridine rings is 2. The third-order valence-corrected chi connectivity index (χ3v) is 12.2. The van der Waals surface area contributed by atoms with Crippen molar-refractivity contribution in [1.82, 2.24) is 15.3 Å². The Labute approximate surface area is 348 Å². The summed E-state index contributed by atoms with van der Waals surface area (Å²) in [5, 5.41) is 1.82. The Hall–Kier alpha value is -6.83. The van der Waals surface area contributed by atoms with Crippen molar-refractivity contribution in [2.75, 3.05) is 21.7 Å². The van der Waals surface area contributed by atoms with Gasteiger partial charge in [-0.2, -0.15) is 8.78 Å². The number of Topliss-reactive ketones (excluding diaryl/α,β-unsaturated/α-hetero) is 2. The third-order valence-electron chi connectivity index (χ3n) is 8.65. The number of nitrogens with one attached hydrogen (secondary N) is 1. The molecule has 0 bridgehead atoms. The molecule has 0 atom stereocenters. The lowest BCUT2D eigenvalue weighted by Gasteiger charge is -2.24. The predicted octanol–water partition coefficient (Wildman–Crippen LogP) is 5.94. The number of nitrogens with zero attached hydrogens (tertiary/aromatic N) is 4. The molecule has 0 aliphatic heterocycles. The van der Waals surface area contributed by atoms with E-state index in [9.17, 15) is 48.8 Å². The highest BCUT2D eigenvalue weighted by Gasteiger charge is 2.27. The van der Waals surface area contributed by atoms with Crippen LogP contribution in [-0.4, -0.2) is 63.8 Å². The Bertz CT molecular complexity index is 2680. The SMILES string of the molecule is NCC(=O)c1ccc(CN(c2cccc(F)c2)S(=O)(=O)c2cccnc2)cc1.O=C(CNC(=O)C(F)F)c1ccc(CN(c2cccc(F)c2)S(=O)(=O)c2cccnc2)cc1. The lowest BCUT2D eigenvalue weighted by atomic mass is 10.1. The Kier molecular flexibility index (Phi) is 15.2. The Balaban J connectivity index is 0.000000234. The molecule has 19 heteroatoms. The Morgan fingerprint density at radius 3 is 1.39 bits per heavy atom. The minimum atomic E-state index is -4.10. The van der Waals surface area contributed by atoms with Crippen LogP contribution in [0.4, 0.5) is 28.9 Å². The fourth-order valence-corrected chi connectivity index (χ4v) is 8.35. The van der Waals surface area contributed by atoms with Gasteiger partial charge >= 0.3 is 6.43 Å². The van der Waals surface area contributed by atoms with E-state index in [1.165, 1.54) is 110 Å². The van der Waals surface area contributed by atoms with Gasteiger partial charge in [0.2, 0.25) is 0 Å². The van der Waals surface area contributed by atoms with Crippen LogP contribution in [0.15, 0.2) is 156 Å². The van der Waals surface area contributed by atoms with Crippen LogP contribution in [0.5, 0.6) is 0 Å². The molecule has 1 amide bonds. The number of carbonyl (C=O) groups is 3. The first-order valence-electron chi connectivity index (χ1n) is 18.0. The zero-order chi connectivity index (χ0) is 44.2. The average molecular weight is 877 g/mol. The van der Waals surface area contributed by atoms with Gasteiger partial charge in [0.05, 0.1) is 37.6 Å². The molecule has 0 aliphatic rings. The van der Waals surface area contributed by atoms with Crippen molar-refractivity contribution in [3.8, 4) is 0 Å². The molecule has 2 heterocycles. The van der Waals surface area contributed by atoms with E-state index < -0.39 is 56.3 Å². The van der Waals surface area contributed by atoms with Crippen molar-refractivity contribution in [3.63, 3.8) is 0 Å². The van der Waals surface area contributed by atoms with Crippen LogP contribution in [0.2, 0.25) is 0 Å². The number of carbonyl (C=O) groups excluding carboxylic acids is 3. The molecule has 0 unspecified atom stereocenters. The van der Waals surface area contributed by atoms with E-state index in [-0.39, 0.29) is 52.1 Å². The van der Waals surface area contributed by atoms with Gasteiger partial charge in [-0.3, -0.25) is 33.0 Å². The van der Waals surface area contributed by atoms with Crippen molar-refractivity contribution in [2.24, 2.45) is 5.73 Å². The molecule has 6 rings (SSSR count). The largest absolute Gasteiger partial charge is 0.344 e. The van der Waals surface area contributed by atoms with Gasteiger partial charge in [0.25, 0.3) is 26.0 Å². The van der Waals surface area contributed by atoms with Crippen LogP contribution >= 0.6 is 0 Å². The summed E-state index contributed by atoms with van der Waals surface area (Å²) in [4.78, 5) is 42.3. The van der Waals surface area contributed by atoms with Crippen LogP contribution < -0.4 is 19.7 Å². The lowest BCUT2D eigenvalue weighted by Crippen LogP contribution is -2.34. The van der Waals surface area contributed by atoms with E-state index in [0.29, 0.717) is 16.7 Å². The number of hydrogen-bond acceptors (Lipinski definition) is 10. The molecule has 6 aromatic rings. The van der Waals surface area contributed by atoms with E-state index in [4.69, 9.17) is 5.73 Å². The number of hydrogen-bond donors (Lipinski definition) is 2. The average Bonchev–Trinajstić information content (AvgIpc) is 3.27. The van der Waals surface area contributed by atoms with E-state index in [2.05, 4.69) is 9.97 Å². The van der Waals surface area contributed by atoms with Crippen LogP contribution in [-0.2, 0) is 37.9 Å². The first-order valence-corrected chi connectivity index (χ1v) is 20.8. The highest BCUT2D eigenvalue weighted by atomic mass is 32.2. The van der Waals surface area contributed by atoms with Crippen molar-refractivity contribution >= 4 is 48.9 Å². The topological polar surface area (TPSA) is 190 Å². The van der Waals surface area contributed by atoms with Crippen LogP contribution in [0.25, 0.3) is 0 Å². The quantitative estimate of drug-likeness (QED) is 0.0870. The smallest absolute Gasteiger partial charge is 0.315 e. The maximum absolute atomic E-state index is 13.8. The standard InChI is InChI=1S/C22H18F3N3O4S.C20H18FN3O3S/c23-17-3-1-4-18(11-17)28(33(31,32)19-5-2-10-26-12-19)14-15-6-8-16(9-7-15)20(29)13-27-22(30)21(24)25;21-17-3-1-4-18(11-17)24(28(26,27)19-5-2-10-23-13-19)14-15-6-8-16(9-7-15)20(25)12-22/h1-12,21H,13-14H2,(H,27,30);1-11,13H,12,14,22H2. The minimum absolute atomic E-state index is 0.00538. The summed E-state index contributed by atoms with van der Waals surface area (Å²) in [5.41, 5.74) is 7.32. The number of benzene rings is 4.